The van der Waals surface area contributed by atoms with E-state index in [2.05, 4.69) is 0 Å². The number of rotatable bonds is 2. The molecule has 0 unspecified atom stereocenters. The van der Waals surface area contributed by atoms with Crippen molar-refractivity contribution in [3.8, 4) is 0 Å². The minimum absolute atomic E-state index is 0. The molecule has 22 heavy (non-hydrogen) atoms. The maximum Gasteiger partial charge on any atom is 1.00 e. The van der Waals surface area contributed by atoms with Crippen LogP contribution in [0.15, 0.2) is 0 Å². The second-order valence-corrected chi connectivity index (χ2v) is 3.01. The van der Waals surface area contributed by atoms with Crippen molar-refractivity contribution in [1.82, 2.24) is 0 Å². The summed E-state index contributed by atoms with van der Waals surface area (Å²) in [7, 11) is 0. The number of hydrogen-bond acceptors (Lipinski definition) is 6. The SMILES string of the molecule is CC(=O)O.CC(=O)O.CC(=O)O.CC(=O)O.NCCCN.[H-].[Na+]. The average molecular weight is 338 g/mol. The summed E-state index contributed by atoms with van der Waals surface area (Å²) in [6.07, 6.45) is 0.944. The second-order valence-electron chi connectivity index (χ2n) is 3.01. The van der Waals surface area contributed by atoms with Gasteiger partial charge in [0.2, 0.25) is 0 Å². The van der Waals surface area contributed by atoms with E-state index in [0.717, 1.165) is 47.2 Å². The quantitative estimate of drug-likeness (QED) is 0.278. The van der Waals surface area contributed by atoms with Gasteiger partial charge in [-0.1, -0.05) is 0 Å². The Bertz CT molecular complexity index is 215. The van der Waals surface area contributed by atoms with Gasteiger partial charge in [-0.15, -0.1) is 0 Å². The monoisotopic (exact) mass is 338 g/mol. The van der Waals surface area contributed by atoms with E-state index < -0.39 is 23.9 Å². The molecule has 0 aromatic rings. The molecule has 0 aliphatic rings. The number of carbonyl (C=O) groups is 4. The van der Waals surface area contributed by atoms with Crippen LogP contribution < -0.4 is 41.0 Å². The topological polar surface area (TPSA) is 201 Å². The molecule has 0 aromatic carbocycles. The maximum atomic E-state index is 9.00. The van der Waals surface area contributed by atoms with Crippen LogP contribution in [-0.4, -0.2) is 57.4 Å². The summed E-state index contributed by atoms with van der Waals surface area (Å²) < 4.78 is 0. The normalized spacial score (nSPS) is 6.45. The Morgan fingerprint density at radius 2 is 0.773 bits per heavy atom. The summed E-state index contributed by atoms with van der Waals surface area (Å²) >= 11 is 0. The first kappa shape index (κ1) is 37.2. The summed E-state index contributed by atoms with van der Waals surface area (Å²) in [5.74, 6) is -3.33. The van der Waals surface area contributed by atoms with Gasteiger partial charge in [0.25, 0.3) is 23.9 Å². The first-order valence-electron chi connectivity index (χ1n) is 5.53. The van der Waals surface area contributed by atoms with E-state index in [4.69, 9.17) is 51.1 Å². The van der Waals surface area contributed by atoms with Crippen LogP contribution in [0.1, 0.15) is 35.5 Å². The van der Waals surface area contributed by atoms with Crippen molar-refractivity contribution in [3.05, 3.63) is 0 Å². The Balaban J connectivity index is -0.0000000273. The Morgan fingerprint density at radius 1 is 0.682 bits per heavy atom. The Labute approximate surface area is 153 Å². The number of nitrogens with two attached hydrogens (primary N) is 2. The van der Waals surface area contributed by atoms with Crippen LogP contribution >= 0.6 is 0 Å². The van der Waals surface area contributed by atoms with Crippen LogP contribution in [0.4, 0.5) is 0 Å². The molecule has 8 N–H and O–H groups in total. The van der Waals surface area contributed by atoms with E-state index in [1.165, 1.54) is 0 Å². The van der Waals surface area contributed by atoms with Gasteiger partial charge in [-0.25, -0.2) is 0 Å². The second kappa shape index (κ2) is 36.7. The third-order valence-electron chi connectivity index (χ3n) is 0.408. The zero-order chi connectivity index (χ0) is 18.4. The van der Waals surface area contributed by atoms with Crippen molar-refractivity contribution in [1.29, 1.82) is 0 Å². The van der Waals surface area contributed by atoms with Crippen LogP contribution in [-0.2, 0) is 19.2 Å². The summed E-state index contributed by atoms with van der Waals surface area (Å²) in [5, 5.41) is 29.7. The van der Waals surface area contributed by atoms with Crippen molar-refractivity contribution in [3.63, 3.8) is 0 Å². The summed E-state index contributed by atoms with van der Waals surface area (Å²) in [5.41, 5.74) is 10.1. The molecule has 0 heterocycles. The van der Waals surface area contributed by atoms with E-state index >= 15 is 0 Å². The Kier molecular flexibility index (Phi) is 62.2. The molecule has 0 rings (SSSR count). The standard InChI is InChI=1S/C3H10N2.4C2H4O2.Na.H/c4-2-1-3-5;4*1-2(3)4;;/h1-5H2;4*1H3,(H,3,4);;/q;;;;;+1;-1. The number of carboxylic acid groups (broad SMARTS) is 4. The molecule has 0 spiro atoms. The molecule has 0 bridgehead atoms. The Morgan fingerprint density at radius 3 is 0.773 bits per heavy atom. The predicted octanol–water partition coefficient (Wildman–Crippen LogP) is -3.23. The smallest absolute Gasteiger partial charge is 1.00 e. The van der Waals surface area contributed by atoms with Crippen molar-refractivity contribution in [2.75, 3.05) is 13.1 Å². The first-order chi connectivity index (χ1) is 9.34. The van der Waals surface area contributed by atoms with Crippen LogP contribution in [0.25, 0.3) is 0 Å². The van der Waals surface area contributed by atoms with E-state index in [9.17, 15) is 0 Å². The molecule has 0 fully saturated rings. The first-order valence-corrected chi connectivity index (χ1v) is 5.53. The summed E-state index contributed by atoms with van der Waals surface area (Å²) in [6, 6.07) is 0. The zero-order valence-corrected chi connectivity index (χ0v) is 15.7. The molecular formula is C11H27N2NaO8. The molecule has 0 amide bonds. The minimum Gasteiger partial charge on any atom is -1.00 e. The molecule has 0 saturated heterocycles. The number of hydrogen-bond donors (Lipinski definition) is 6. The summed E-state index contributed by atoms with van der Waals surface area (Å²) in [4.78, 5) is 36.0. The Hall–Kier alpha value is -1.20. The van der Waals surface area contributed by atoms with Gasteiger partial charge in [0, 0.05) is 27.7 Å². The van der Waals surface area contributed by atoms with Gasteiger partial charge in [0.05, 0.1) is 0 Å². The van der Waals surface area contributed by atoms with Gasteiger partial charge in [-0.3, -0.25) is 19.2 Å². The largest absolute Gasteiger partial charge is 1.00 e. The van der Waals surface area contributed by atoms with Gasteiger partial charge >= 0.3 is 29.6 Å². The van der Waals surface area contributed by atoms with E-state index in [-0.39, 0.29) is 31.0 Å². The minimum atomic E-state index is -0.833. The fraction of sp³-hybridized carbons (Fsp3) is 0.636. The van der Waals surface area contributed by atoms with E-state index in [1.54, 1.807) is 0 Å². The van der Waals surface area contributed by atoms with Crippen molar-refractivity contribution >= 4 is 23.9 Å². The predicted molar refractivity (Wildman–Crippen MR) is 77.1 cm³/mol. The van der Waals surface area contributed by atoms with Crippen LogP contribution in [0.2, 0.25) is 0 Å². The van der Waals surface area contributed by atoms with E-state index in [1.807, 2.05) is 0 Å². The van der Waals surface area contributed by atoms with Gasteiger partial charge in [-0.2, -0.15) is 0 Å². The molecule has 0 aliphatic heterocycles. The van der Waals surface area contributed by atoms with Crippen LogP contribution in [0.5, 0.6) is 0 Å². The third kappa shape index (κ3) is 9310. The van der Waals surface area contributed by atoms with Crippen LogP contribution in [0.3, 0.4) is 0 Å². The molecular weight excluding hydrogens is 311 g/mol. The van der Waals surface area contributed by atoms with Crippen molar-refractivity contribution in [2.45, 2.75) is 34.1 Å². The van der Waals surface area contributed by atoms with Gasteiger partial charge in [0.15, 0.2) is 0 Å². The maximum absolute atomic E-state index is 9.00. The molecule has 0 radical (unpaired) electrons. The third-order valence-corrected chi connectivity index (χ3v) is 0.408. The average Bonchev–Trinajstić information content (AvgIpc) is 2.14. The van der Waals surface area contributed by atoms with Gasteiger partial charge in [0.1, 0.15) is 0 Å². The van der Waals surface area contributed by atoms with Gasteiger partial charge in [-0.05, 0) is 19.5 Å². The van der Waals surface area contributed by atoms with Crippen molar-refractivity contribution in [2.24, 2.45) is 11.5 Å². The van der Waals surface area contributed by atoms with Gasteiger partial charge < -0.3 is 33.3 Å². The fourth-order valence-corrected chi connectivity index (χ4v) is 0.118. The van der Waals surface area contributed by atoms with E-state index in [0.29, 0.717) is 0 Å². The number of carboxylic acids is 4. The molecule has 0 aliphatic carbocycles. The molecule has 10 nitrogen and oxygen atoms in total. The van der Waals surface area contributed by atoms with Crippen LogP contribution in [0, 0.1) is 0 Å². The molecule has 0 aromatic heterocycles. The fourth-order valence-electron chi connectivity index (χ4n) is 0.118. The molecule has 0 saturated carbocycles. The number of aliphatic carboxylic acids is 4. The molecule has 11 heteroatoms. The zero-order valence-electron chi connectivity index (χ0n) is 14.7. The summed E-state index contributed by atoms with van der Waals surface area (Å²) in [6.45, 7) is 5.77. The molecule has 0 atom stereocenters. The van der Waals surface area contributed by atoms with Crippen molar-refractivity contribution < 1.29 is 70.6 Å². The molecule has 130 valence electrons.